The van der Waals surface area contributed by atoms with Crippen molar-refractivity contribution in [3.05, 3.63) is 62.1 Å². The molecule has 1 amide bonds. The van der Waals surface area contributed by atoms with Crippen LogP contribution in [0.5, 0.6) is 11.5 Å². The summed E-state index contributed by atoms with van der Waals surface area (Å²) >= 11 is 18.4. The number of nitrogens with two attached hydrogens (primary N) is 1. The molecule has 0 bridgehead atoms. The van der Waals surface area contributed by atoms with Crippen molar-refractivity contribution in [2.75, 3.05) is 6.61 Å². The van der Waals surface area contributed by atoms with Crippen LogP contribution in [0.4, 0.5) is 0 Å². The zero-order valence-corrected chi connectivity index (χ0v) is 16.5. The van der Waals surface area contributed by atoms with Crippen molar-refractivity contribution in [1.82, 2.24) is 0 Å². The van der Waals surface area contributed by atoms with Crippen molar-refractivity contribution in [3.63, 3.8) is 0 Å². The highest BCUT2D eigenvalue weighted by Crippen LogP contribution is 2.38. The van der Waals surface area contributed by atoms with Gasteiger partial charge in [0, 0.05) is 15.6 Å². The summed E-state index contributed by atoms with van der Waals surface area (Å²) in [7, 11) is 0. The van der Waals surface area contributed by atoms with Gasteiger partial charge in [-0.1, -0.05) is 40.9 Å². The fraction of sp³-hybridized carbons (Fsp3) is 0.158. The molecule has 0 spiro atoms. The number of nitriles is 1. The van der Waals surface area contributed by atoms with Crippen molar-refractivity contribution >= 4 is 46.8 Å². The number of ether oxygens (including phenoxy) is 2. The number of benzene rings is 2. The number of amides is 1. The molecule has 0 fully saturated rings. The quantitative estimate of drug-likeness (QED) is 0.499. The average Bonchev–Trinajstić information content (AvgIpc) is 2.60. The Hall–Kier alpha value is -2.39. The number of hydrogen-bond acceptors (Lipinski definition) is 4. The smallest absolute Gasteiger partial charge is 0.259 e. The Morgan fingerprint density at radius 2 is 1.93 bits per heavy atom. The van der Waals surface area contributed by atoms with Crippen molar-refractivity contribution in [1.29, 1.82) is 5.26 Å². The Labute approximate surface area is 171 Å². The molecule has 0 atom stereocenters. The Morgan fingerprint density at radius 3 is 2.52 bits per heavy atom. The Balaban J connectivity index is 2.36. The molecule has 0 unspecified atom stereocenters. The van der Waals surface area contributed by atoms with Gasteiger partial charge in [0.05, 0.1) is 11.6 Å². The molecule has 5 nitrogen and oxygen atoms in total. The highest BCUT2D eigenvalue weighted by Gasteiger charge is 2.14. The van der Waals surface area contributed by atoms with Crippen LogP contribution in [0.25, 0.3) is 6.08 Å². The fourth-order valence-corrected chi connectivity index (χ4v) is 2.92. The second-order valence-electron chi connectivity index (χ2n) is 5.32. The SMILES string of the molecule is CCOc1cc(/C=C(\C#N)C(N)=O)cc(Cl)c1OCc1ccc(Cl)cc1Cl. The summed E-state index contributed by atoms with van der Waals surface area (Å²) in [5, 5.41) is 10.2. The largest absolute Gasteiger partial charge is 0.490 e. The summed E-state index contributed by atoms with van der Waals surface area (Å²) < 4.78 is 11.4. The lowest BCUT2D eigenvalue weighted by molar-refractivity contribution is -0.114. The van der Waals surface area contributed by atoms with E-state index in [0.717, 1.165) is 5.56 Å². The van der Waals surface area contributed by atoms with Crippen molar-refractivity contribution in [2.24, 2.45) is 5.73 Å². The molecule has 2 N–H and O–H groups in total. The highest BCUT2D eigenvalue weighted by atomic mass is 35.5. The summed E-state index contributed by atoms with van der Waals surface area (Å²) in [4.78, 5) is 11.2. The predicted molar refractivity (Wildman–Crippen MR) is 106 cm³/mol. The molecular weight excluding hydrogens is 411 g/mol. The first kappa shape index (κ1) is 20.9. The van der Waals surface area contributed by atoms with Gasteiger partial charge in [-0.2, -0.15) is 5.26 Å². The summed E-state index contributed by atoms with van der Waals surface area (Å²) in [6, 6.07) is 9.97. The van der Waals surface area contributed by atoms with Gasteiger partial charge in [0.25, 0.3) is 5.91 Å². The topological polar surface area (TPSA) is 85.3 Å². The van der Waals surface area contributed by atoms with E-state index in [0.29, 0.717) is 33.7 Å². The van der Waals surface area contributed by atoms with E-state index in [1.807, 2.05) is 0 Å². The maximum absolute atomic E-state index is 11.2. The van der Waals surface area contributed by atoms with Gasteiger partial charge in [-0.3, -0.25) is 4.79 Å². The van der Waals surface area contributed by atoms with Crippen LogP contribution in [-0.4, -0.2) is 12.5 Å². The van der Waals surface area contributed by atoms with Gasteiger partial charge in [-0.05, 0) is 42.8 Å². The first-order chi connectivity index (χ1) is 12.8. The second kappa shape index (κ2) is 9.52. The van der Waals surface area contributed by atoms with E-state index in [1.165, 1.54) is 6.08 Å². The van der Waals surface area contributed by atoms with Gasteiger partial charge in [0.2, 0.25) is 0 Å². The molecule has 0 aromatic heterocycles. The first-order valence-corrected chi connectivity index (χ1v) is 8.93. The number of rotatable bonds is 7. The second-order valence-corrected chi connectivity index (χ2v) is 6.57. The van der Waals surface area contributed by atoms with Crippen LogP contribution in [-0.2, 0) is 11.4 Å². The molecule has 2 aromatic carbocycles. The Bertz CT molecular complexity index is 937. The lowest BCUT2D eigenvalue weighted by Crippen LogP contribution is -2.12. The number of hydrogen-bond donors (Lipinski definition) is 1. The maximum atomic E-state index is 11.2. The van der Waals surface area contributed by atoms with Crippen LogP contribution in [0.2, 0.25) is 15.1 Å². The van der Waals surface area contributed by atoms with E-state index in [4.69, 9.17) is 55.3 Å². The monoisotopic (exact) mass is 424 g/mol. The molecular formula is C19H15Cl3N2O3. The van der Waals surface area contributed by atoms with E-state index < -0.39 is 5.91 Å². The molecule has 27 heavy (non-hydrogen) atoms. The fourth-order valence-electron chi connectivity index (χ4n) is 2.19. The third kappa shape index (κ3) is 5.54. The molecule has 140 valence electrons. The van der Waals surface area contributed by atoms with Crippen molar-refractivity contribution < 1.29 is 14.3 Å². The number of carbonyl (C=O) groups is 1. The first-order valence-electron chi connectivity index (χ1n) is 7.80. The molecule has 0 aliphatic rings. The lowest BCUT2D eigenvalue weighted by Gasteiger charge is -2.15. The van der Waals surface area contributed by atoms with Crippen LogP contribution >= 0.6 is 34.8 Å². The minimum atomic E-state index is -0.829. The van der Waals surface area contributed by atoms with E-state index in [-0.39, 0.29) is 17.2 Å². The van der Waals surface area contributed by atoms with Crippen molar-refractivity contribution in [2.45, 2.75) is 13.5 Å². The zero-order valence-electron chi connectivity index (χ0n) is 14.3. The Morgan fingerprint density at radius 1 is 1.19 bits per heavy atom. The van der Waals surface area contributed by atoms with Gasteiger partial charge in [0.15, 0.2) is 11.5 Å². The molecule has 0 saturated carbocycles. The van der Waals surface area contributed by atoms with E-state index in [9.17, 15) is 4.79 Å². The van der Waals surface area contributed by atoms with Gasteiger partial charge >= 0.3 is 0 Å². The molecule has 0 heterocycles. The van der Waals surface area contributed by atoms with Crippen LogP contribution in [0.15, 0.2) is 35.9 Å². The maximum Gasteiger partial charge on any atom is 0.259 e. The van der Waals surface area contributed by atoms with E-state index in [1.54, 1.807) is 43.3 Å². The normalized spacial score (nSPS) is 11.0. The van der Waals surface area contributed by atoms with Crippen LogP contribution in [0, 0.1) is 11.3 Å². The summed E-state index contributed by atoms with van der Waals surface area (Å²) in [5.74, 6) is -0.147. The predicted octanol–water partition coefficient (Wildman–Crippen LogP) is 5.02. The van der Waals surface area contributed by atoms with Crippen LogP contribution < -0.4 is 15.2 Å². The third-order valence-electron chi connectivity index (χ3n) is 3.42. The highest BCUT2D eigenvalue weighted by molar-refractivity contribution is 6.35. The molecule has 0 saturated heterocycles. The van der Waals surface area contributed by atoms with E-state index in [2.05, 4.69) is 0 Å². The summed E-state index contributed by atoms with van der Waals surface area (Å²) in [5.41, 5.74) is 6.17. The van der Waals surface area contributed by atoms with Gasteiger partial charge in [0.1, 0.15) is 18.2 Å². The van der Waals surface area contributed by atoms with Crippen LogP contribution in [0.1, 0.15) is 18.1 Å². The molecule has 0 aliphatic heterocycles. The summed E-state index contributed by atoms with van der Waals surface area (Å²) in [6.07, 6.45) is 1.33. The van der Waals surface area contributed by atoms with Gasteiger partial charge in [-0.25, -0.2) is 0 Å². The third-order valence-corrected chi connectivity index (χ3v) is 4.28. The molecule has 0 radical (unpaired) electrons. The van der Waals surface area contributed by atoms with Gasteiger partial charge in [-0.15, -0.1) is 0 Å². The van der Waals surface area contributed by atoms with E-state index >= 15 is 0 Å². The molecule has 2 aromatic rings. The lowest BCUT2D eigenvalue weighted by atomic mass is 10.1. The molecule has 0 aliphatic carbocycles. The van der Waals surface area contributed by atoms with Crippen LogP contribution in [0.3, 0.4) is 0 Å². The molecule has 8 heteroatoms. The zero-order chi connectivity index (χ0) is 20.0. The number of halogens is 3. The number of carbonyl (C=O) groups excluding carboxylic acids is 1. The minimum Gasteiger partial charge on any atom is -0.490 e. The van der Waals surface area contributed by atoms with Crippen molar-refractivity contribution in [3.8, 4) is 17.6 Å². The standard InChI is InChI=1S/C19H15Cl3N2O3/c1-2-26-17-7-11(5-13(9-23)19(24)25)6-16(22)18(17)27-10-12-3-4-14(20)8-15(12)21/h3-8H,2,10H2,1H3,(H2,24,25)/b13-5+. The molecule has 2 rings (SSSR count). The summed E-state index contributed by atoms with van der Waals surface area (Å²) in [6.45, 7) is 2.32. The number of primary amides is 1. The number of nitrogens with zero attached hydrogens (tertiary/aromatic N) is 1. The average molecular weight is 426 g/mol. The van der Waals surface area contributed by atoms with Gasteiger partial charge < -0.3 is 15.2 Å². The Kier molecular flexibility index (Phi) is 7.37. The minimum absolute atomic E-state index is 0.149.